The van der Waals surface area contributed by atoms with Crippen LogP contribution in [-0.4, -0.2) is 43.0 Å². The molecule has 1 aromatic carbocycles. The number of benzene rings is 1. The Kier molecular flexibility index (Phi) is 3.55. The fourth-order valence-electron chi connectivity index (χ4n) is 2.09. The van der Waals surface area contributed by atoms with Gasteiger partial charge in [0, 0.05) is 0 Å². The summed E-state index contributed by atoms with van der Waals surface area (Å²) in [7, 11) is 2.29. The average Bonchev–Trinajstić information content (AvgIpc) is 2.45. The van der Waals surface area contributed by atoms with E-state index < -0.39 is 29.7 Å². The molecule has 6 heteroatoms. The van der Waals surface area contributed by atoms with E-state index in [-0.39, 0.29) is 0 Å². The second kappa shape index (κ2) is 4.99. The van der Waals surface area contributed by atoms with E-state index in [1.54, 1.807) is 30.3 Å². The summed E-state index contributed by atoms with van der Waals surface area (Å²) in [5.41, 5.74) is -1.49. The summed E-state index contributed by atoms with van der Waals surface area (Å²) in [6, 6.07) is 8.64. The van der Waals surface area contributed by atoms with Crippen molar-refractivity contribution in [3.8, 4) is 0 Å². The van der Waals surface area contributed by atoms with Crippen LogP contribution >= 0.6 is 0 Å². The van der Waals surface area contributed by atoms with Gasteiger partial charge >= 0.3 is 11.9 Å². The van der Waals surface area contributed by atoms with E-state index in [0.29, 0.717) is 5.56 Å². The van der Waals surface area contributed by atoms with Crippen molar-refractivity contribution in [2.45, 2.75) is 17.8 Å². The number of aliphatic hydroxyl groups is 1. The molecule has 1 heterocycles. The molecule has 2 rings (SSSR count). The molecule has 1 fully saturated rings. The van der Waals surface area contributed by atoms with Gasteiger partial charge in [0.25, 0.3) is 0 Å². The molecular formula is C13H14O6. The normalized spacial score (nSPS) is 29.2. The molecule has 0 aliphatic carbocycles. The minimum Gasteiger partial charge on any atom is -0.467 e. The topological polar surface area (TPSA) is 82.1 Å². The zero-order valence-electron chi connectivity index (χ0n) is 10.5. The van der Waals surface area contributed by atoms with Crippen LogP contribution in [0.15, 0.2) is 30.3 Å². The molecule has 1 saturated heterocycles. The number of esters is 2. The Morgan fingerprint density at radius 3 is 2.37 bits per heavy atom. The van der Waals surface area contributed by atoms with Gasteiger partial charge in [0.2, 0.25) is 5.60 Å². The smallest absolute Gasteiger partial charge is 0.344 e. The van der Waals surface area contributed by atoms with Gasteiger partial charge in [0.1, 0.15) is 6.10 Å². The Bertz CT molecular complexity index is 485. The van der Waals surface area contributed by atoms with E-state index in [4.69, 9.17) is 4.74 Å². The molecule has 1 aliphatic rings. The highest BCUT2D eigenvalue weighted by molar-refractivity contribution is 5.91. The monoisotopic (exact) mass is 266 g/mol. The van der Waals surface area contributed by atoms with Gasteiger partial charge in [-0.2, -0.15) is 0 Å². The molecule has 102 valence electrons. The molecule has 1 aromatic rings. The average molecular weight is 266 g/mol. The summed E-state index contributed by atoms with van der Waals surface area (Å²) >= 11 is 0. The van der Waals surface area contributed by atoms with E-state index in [2.05, 4.69) is 9.47 Å². The Morgan fingerprint density at radius 1 is 1.21 bits per heavy atom. The number of carbonyl (C=O) groups excluding carboxylic acids is 2. The molecule has 0 radical (unpaired) electrons. The number of rotatable bonds is 3. The van der Waals surface area contributed by atoms with E-state index in [1.807, 2.05) is 0 Å². The van der Waals surface area contributed by atoms with Crippen molar-refractivity contribution in [1.82, 2.24) is 0 Å². The Hall–Kier alpha value is -1.92. The van der Waals surface area contributed by atoms with Gasteiger partial charge in [0.05, 0.1) is 14.2 Å². The fraction of sp³-hybridized carbons (Fsp3) is 0.385. The van der Waals surface area contributed by atoms with Crippen LogP contribution in [0.4, 0.5) is 0 Å². The lowest BCUT2D eigenvalue weighted by molar-refractivity contribution is -0.288. The standard InChI is InChI=1S/C13H14O6/c1-17-11(14)10-13(16,12(15)18-2)9(19-10)8-6-4-3-5-7-8/h3-7,9-10,16H,1-2H3/t9?,10-,13+/m0/s1. The third-order valence-corrected chi connectivity index (χ3v) is 3.10. The summed E-state index contributed by atoms with van der Waals surface area (Å²) in [5.74, 6) is -1.75. The molecule has 1 unspecified atom stereocenters. The van der Waals surface area contributed by atoms with Gasteiger partial charge in [0.15, 0.2) is 6.10 Å². The SMILES string of the molecule is COC(=O)[C@@H]1OC(c2ccccc2)[C@]1(O)C(=O)OC. The Morgan fingerprint density at radius 2 is 1.84 bits per heavy atom. The highest BCUT2D eigenvalue weighted by Gasteiger charge is 2.66. The predicted molar refractivity (Wildman–Crippen MR) is 63.0 cm³/mol. The molecular weight excluding hydrogens is 252 g/mol. The van der Waals surface area contributed by atoms with Crippen LogP contribution in [0.3, 0.4) is 0 Å². The Balaban J connectivity index is 2.33. The number of carbonyl (C=O) groups is 2. The molecule has 19 heavy (non-hydrogen) atoms. The van der Waals surface area contributed by atoms with Gasteiger partial charge in [-0.3, -0.25) is 0 Å². The van der Waals surface area contributed by atoms with Crippen LogP contribution in [0, 0.1) is 0 Å². The molecule has 0 bridgehead atoms. The molecule has 6 nitrogen and oxygen atoms in total. The maximum Gasteiger partial charge on any atom is 0.344 e. The van der Waals surface area contributed by atoms with Crippen molar-refractivity contribution in [3.63, 3.8) is 0 Å². The van der Waals surface area contributed by atoms with Crippen LogP contribution in [-0.2, 0) is 23.8 Å². The van der Waals surface area contributed by atoms with Gasteiger partial charge in [-0.1, -0.05) is 30.3 Å². The first-order valence-corrected chi connectivity index (χ1v) is 5.64. The lowest BCUT2D eigenvalue weighted by atomic mass is 9.80. The van der Waals surface area contributed by atoms with Gasteiger partial charge in [-0.15, -0.1) is 0 Å². The number of methoxy groups -OCH3 is 2. The van der Waals surface area contributed by atoms with Crippen LogP contribution in [0.2, 0.25) is 0 Å². The van der Waals surface area contributed by atoms with Crippen LogP contribution < -0.4 is 0 Å². The Labute approximate surface area is 109 Å². The number of hydrogen-bond acceptors (Lipinski definition) is 6. The first-order chi connectivity index (χ1) is 9.05. The minimum atomic E-state index is -2.07. The highest BCUT2D eigenvalue weighted by Crippen LogP contribution is 2.45. The third kappa shape index (κ3) is 1.98. The van der Waals surface area contributed by atoms with Crippen molar-refractivity contribution in [2.24, 2.45) is 0 Å². The van der Waals surface area contributed by atoms with Crippen LogP contribution in [0.1, 0.15) is 11.7 Å². The highest BCUT2D eigenvalue weighted by atomic mass is 16.6. The lowest BCUT2D eigenvalue weighted by Crippen LogP contribution is -2.68. The molecule has 1 N–H and O–H groups in total. The summed E-state index contributed by atoms with van der Waals surface area (Å²) in [4.78, 5) is 23.3. The van der Waals surface area contributed by atoms with E-state index in [0.717, 1.165) is 14.2 Å². The van der Waals surface area contributed by atoms with Crippen LogP contribution in [0.25, 0.3) is 0 Å². The van der Waals surface area contributed by atoms with Crippen molar-refractivity contribution in [3.05, 3.63) is 35.9 Å². The molecule has 0 saturated carbocycles. The lowest BCUT2D eigenvalue weighted by Gasteiger charge is -2.47. The summed E-state index contributed by atoms with van der Waals surface area (Å²) < 4.78 is 14.3. The zero-order valence-corrected chi connectivity index (χ0v) is 10.5. The maximum atomic E-state index is 11.8. The first kappa shape index (κ1) is 13.5. The molecule has 0 amide bonds. The number of hydrogen-bond donors (Lipinski definition) is 1. The predicted octanol–water partition coefficient (Wildman–Crippen LogP) is 0.204. The summed E-state index contributed by atoms with van der Waals surface area (Å²) in [5, 5.41) is 10.5. The molecule has 0 spiro atoms. The first-order valence-electron chi connectivity index (χ1n) is 5.64. The van der Waals surface area contributed by atoms with Gasteiger partial charge in [-0.05, 0) is 5.56 Å². The van der Waals surface area contributed by atoms with E-state index in [1.165, 1.54) is 0 Å². The van der Waals surface area contributed by atoms with Crippen molar-refractivity contribution < 1.29 is 28.9 Å². The largest absolute Gasteiger partial charge is 0.467 e. The summed E-state index contributed by atoms with van der Waals surface area (Å²) in [6.45, 7) is 0. The van der Waals surface area contributed by atoms with Crippen LogP contribution in [0.5, 0.6) is 0 Å². The van der Waals surface area contributed by atoms with Crippen molar-refractivity contribution in [2.75, 3.05) is 14.2 Å². The van der Waals surface area contributed by atoms with E-state index >= 15 is 0 Å². The fourth-order valence-corrected chi connectivity index (χ4v) is 2.09. The second-order valence-corrected chi connectivity index (χ2v) is 4.15. The maximum absolute atomic E-state index is 11.8. The summed E-state index contributed by atoms with van der Waals surface area (Å²) in [6.07, 6.45) is -2.33. The molecule has 0 aromatic heterocycles. The quantitative estimate of drug-likeness (QED) is 0.787. The number of ether oxygens (including phenoxy) is 3. The second-order valence-electron chi connectivity index (χ2n) is 4.15. The van der Waals surface area contributed by atoms with Crippen molar-refractivity contribution in [1.29, 1.82) is 0 Å². The molecule has 3 atom stereocenters. The molecule has 1 aliphatic heterocycles. The van der Waals surface area contributed by atoms with E-state index in [9.17, 15) is 14.7 Å². The van der Waals surface area contributed by atoms with Gasteiger partial charge < -0.3 is 19.3 Å². The van der Waals surface area contributed by atoms with Crippen molar-refractivity contribution >= 4 is 11.9 Å². The zero-order chi connectivity index (χ0) is 14.0. The third-order valence-electron chi connectivity index (χ3n) is 3.10. The van der Waals surface area contributed by atoms with Gasteiger partial charge in [-0.25, -0.2) is 9.59 Å². The minimum absolute atomic E-state index is 0.579.